The van der Waals surface area contributed by atoms with Gasteiger partial charge in [0.1, 0.15) is 4.90 Å². The van der Waals surface area contributed by atoms with Crippen LogP contribution in [0.15, 0.2) is 23.1 Å². The lowest BCUT2D eigenvalue weighted by Crippen LogP contribution is -2.41. The maximum atomic E-state index is 12.8. The molecule has 1 aromatic carbocycles. The predicted molar refractivity (Wildman–Crippen MR) is 96.6 cm³/mol. The first-order valence-corrected chi connectivity index (χ1v) is 10.4. The summed E-state index contributed by atoms with van der Waals surface area (Å²) in [5, 5.41) is 0.101. The predicted octanol–water partition coefficient (Wildman–Crippen LogP) is 1.82. The molecular formula is C17H23ClN2O5S. The van der Waals surface area contributed by atoms with Crippen molar-refractivity contribution in [2.45, 2.75) is 24.0 Å². The molecule has 2 aliphatic heterocycles. The van der Waals surface area contributed by atoms with Crippen LogP contribution in [0.3, 0.4) is 0 Å². The average Bonchev–Trinajstić information content (AvgIpc) is 3.16. The van der Waals surface area contributed by atoms with Crippen LogP contribution in [0.4, 0.5) is 0 Å². The van der Waals surface area contributed by atoms with Crippen molar-refractivity contribution in [3.05, 3.63) is 28.8 Å². The molecule has 1 amide bonds. The van der Waals surface area contributed by atoms with Gasteiger partial charge >= 0.3 is 0 Å². The molecule has 0 aliphatic carbocycles. The molecule has 0 saturated carbocycles. The highest BCUT2D eigenvalue weighted by molar-refractivity contribution is 7.89. The fraction of sp³-hybridized carbons (Fsp3) is 0.588. The molecule has 1 aromatic rings. The van der Waals surface area contributed by atoms with E-state index < -0.39 is 10.0 Å². The molecule has 0 unspecified atom stereocenters. The maximum Gasteiger partial charge on any atom is 0.253 e. The third-order valence-corrected chi connectivity index (χ3v) is 7.09. The first-order valence-electron chi connectivity index (χ1n) is 8.55. The molecular weight excluding hydrogens is 380 g/mol. The highest BCUT2D eigenvalue weighted by Gasteiger charge is 2.32. The fourth-order valence-electron chi connectivity index (χ4n) is 3.24. The lowest BCUT2D eigenvalue weighted by Gasteiger charge is -2.34. The molecule has 7 nitrogen and oxygen atoms in total. The van der Waals surface area contributed by atoms with Crippen LogP contribution in [0.2, 0.25) is 5.02 Å². The Bertz CT molecular complexity index is 769. The van der Waals surface area contributed by atoms with Crippen LogP contribution in [0.1, 0.15) is 23.2 Å². The second-order valence-corrected chi connectivity index (χ2v) is 9.20. The second-order valence-electron chi connectivity index (χ2n) is 6.67. The Balaban J connectivity index is 1.72. The summed E-state index contributed by atoms with van der Waals surface area (Å²) in [6, 6.07) is 4.38. The third kappa shape index (κ3) is 3.89. The van der Waals surface area contributed by atoms with Crippen molar-refractivity contribution in [1.29, 1.82) is 0 Å². The second kappa shape index (κ2) is 7.82. The molecule has 26 heavy (non-hydrogen) atoms. The Morgan fingerprint density at radius 1 is 1.19 bits per heavy atom. The van der Waals surface area contributed by atoms with Crippen LogP contribution in [0.25, 0.3) is 0 Å². The number of hydrogen-bond acceptors (Lipinski definition) is 5. The standard InChI is InChI=1S/C17H23ClN2O5S/c1-19(2)26(22,23)15-11-13(3-4-14(15)18)16(21)20-7-5-12(6-8-20)17-24-9-10-25-17/h3-4,11-12,17H,5-10H2,1-2H3. The molecule has 0 bridgehead atoms. The molecule has 0 atom stereocenters. The lowest BCUT2D eigenvalue weighted by atomic mass is 9.95. The van der Waals surface area contributed by atoms with E-state index in [4.69, 9.17) is 21.1 Å². The SMILES string of the molecule is CN(C)S(=O)(=O)c1cc(C(=O)N2CCC(C3OCCO3)CC2)ccc1Cl. The van der Waals surface area contributed by atoms with Gasteiger partial charge in [-0.05, 0) is 31.0 Å². The van der Waals surface area contributed by atoms with E-state index >= 15 is 0 Å². The zero-order valence-electron chi connectivity index (χ0n) is 14.9. The summed E-state index contributed by atoms with van der Waals surface area (Å²) in [5.74, 6) is 0.0972. The van der Waals surface area contributed by atoms with Gasteiger partial charge in [0.15, 0.2) is 6.29 Å². The number of rotatable bonds is 4. The molecule has 0 radical (unpaired) electrons. The van der Waals surface area contributed by atoms with Gasteiger partial charge in [-0.1, -0.05) is 11.6 Å². The van der Waals surface area contributed by atoms with Gasteiger partial charge in [-0.3, -0.25) is 4.79 Å². The van der Waals surface area contributed by atoms with Crippen LogP contribution in [0, 0.1) is 5.92 Å². The van der Waals surface area contributed by atoms with E-state index in [0.29, 0.717) is 31.9 Å². The van der Waals surface area contributed by atoms with Crippen molar-refractivity contribution in [3.8, 4) is 0 Å². The fourth-order valence-corrected chi connectivity index (χ4v) is 4.63. The first-order chi connectivity index (χ1) is 12.3. The van der Waals surface area contributed by atoms with Gasteiger partial charge in [-0.15, -0.1) is 0 Å². The molecule has 2 aliphatic rings. The van der Waals surface area contributed by atoms with E-state index in [-0.39, 0.29) is 28.0 Å². The summed E-state index contributed by atoms with van der Waals surface area (Å²) in [4.78, 5) is 14.5. The number of ether oxygens (including phenoxy) is 2. The Morgan fingerprint density at radius 2 is 1.81 bits per heavy atom. The Labute approximate surface area is 158 Å². The summed E-state index contributed by atoms with van der Waals surface area (Å²) in [6.07, 6.45) is 1.43. The van der Waals surface area contributed by atoms with Crippen molar-refractivity contribution in [3.63, 3.8) is 0 Å². The van der Waals surface area contributed by atoms with Crippen LogP contribution >= 0.6 is 11.6 Å². The number of halogens is 1. The number of likely N-dealkylation sites (tertiary alicyclic amines) is 1. The monoisotopic (exact) mass is 402 g/mol. The minimum Gasteiger partial charge on any atom is -0.350 e. The average molecular weight is 403 g/mol. The van der Waals surface area contributed by atoms with Crippen molar-refractivity contribution in [1.82, 2.24) is 9.21 Å². The molecule has 0 aromatic heterocycles. The van der Waals surface area contributed by atoms with Gasteiger partial charge in [0.25, 0.3) is 5.91 Å². The van der Waals surface area contributed by atoms with Crippen molar-refractivity contribution in [2.24, 2.45) is 5.92 Å². The normalized spacial score (nSPS) is 20.1. The number of piperidine rings is 1. The number of carbonyl (C=O) groups is 1. The van der Waals surface area contributed by atoms with Crippen LogP contribution in [-0.4, -0.2) is 70.2 Å². The first kappa shape index (κ1) is 19.6. The summed E-state index contributed by atoms with van der Waals surface area (Å²) in [5.41, 5.74) is 0.321. The summed E-state index contributed by atoms with van der Waals surface area (Å²) < 4.78 is 36.9. The van der Waals surface area contributed by atoms with Crippen molar-refractivity contribution in [2.75, 3.05) is 40.4 Å². The van der Waals surface area contributed by atoms with E-state index in [1.54, 1.807) is 11.0 Å². The van der Waals surface area contributed by atoms with Gasteiger partial charge in [0, 0.05) is 38.7 Å². The maximum absolute atomic E-state index is 12.8. The van der Waals surface area contributed by atoms with Crippen LogP contribution < -0.4 is 0 Å². The minimum atomic E-state index is -3.72. The van der Waals surface area contributed by atoms with Gasteiger partial charge < -0.3 is 14.4 Å². The quantitative estimate of drug-likeness (QED) is 0.767. The number of benzene rings is 1. The summed E-state index contributed by atoms with van der Waals surface area (Å²) in [7, 11) is -0.859. The largest absolute Gasteiger partial charge is 0.350 e. The zero-order valence-corrected chi connectivity index (χ0v) is 16.4. The van der Waals surface area contributed by atoms with E-state index in [1.807, 2.05) is 0 Å². The highest BCUT2D eigenvalue weighted by Crippen LogP contribution is 2.28. The van der Waals surface area contributed by atoms with Gasteiger partial charge in [-0.2, -0.15) is 0 Å². The van der Waals surface area contributed by atoms with E-state index in [0.717, 1.165) is 17.1 Å². The summed E-state index contributed by atoms with van der Waals surface area (Å²) in [6.45, 7) is 2.42. The number of hydrogen-bond donors (Lipinski definition) is 0. The molecule has 0 spiro atoms. The van der Waals surface area contributed by atoms with Crippen LogP contribution in [0.5, 0.6) is 0 Å². The number of sulfonamides is 1. The molecule has 9 heteroatoms. The van der Waals surface area contributed by atoms with Gasteiger partial charge in [0.05, 0.1) is 18.2 Å². The van der Waals surface area contributed by atoms with Crippen molar-refractivity contribution >= 4 is 27.5 Å². The molecule has 2 fully saturated rings. The number of carbonyl (C=O) groups excluding carboxylic acids is 1. The Kier molecular flexibility index (Phi) is 5.88. The third-order valence-electron chi connectivity index (χ3n) is 4.80. The summed E-state index contributed by atoms with van der Waals surface area (Å²) >= 11 is 6.05. The van der Waals surface area contributed by atoms with Gasteiger partial charge in [0.2, 0.25) is 10.0 Å². The Hall–Kier alpha value is -1.19. The van der Waals surface area contributed by atoms with Gasteiger partial charge in [-0.25, -0.2) is 12.7 Å². The number of amides is 1. The highest BCUT2D eigenvalue weighted by atomic mass is 35.5. The van der Waals surface area contributed by atoms with Crippen LogP contribution in [-0.2, 0) is 19.5 Å². The number of nitrogens with zero attached hydrogens (tertiary/aromatic N) is 2. The lowest BCUT2D eigenvalue weighted by molar-refractivity contribution is -0.0956. The van der Waals surface area contributed by atoms with E-state index in [9.17, 15) is 13.2 Å². The topological polar surface area (TPSA) is 76.2 Å². The van der Waals surface area contributed by atoms with E-state index in [1.165, 1.54) is 26.2 Å². The molecule has 144 valence electrons. The molecule has 2 heterocycles. The minimum absolute atomic E-state index is 0.0577. The van der Waals surface area contributed by atoms with E-state index in [2.05, 4.69) is 0 Å². The molecule has 0 N–H and O–H groups in total. The molecule has 2 saturated heterocycles. The zero-order chi connectivity index (χ0) is 18.9. The molecule has 3 rings (SSSR count). The smallest absolute Gasteiger partial charge is 0.253 e. The Morgan fingerprint density at radius 3 is 2.38 bits per heavy atom. The van der Waals surface area contributed by atoms with Crippen molar-refractivity contribution < 1.29 is 22.7 Å².